The van der Waals surface area contributed by atoms with E-state index < -0.39 is 16.8 Å². The molecule has 2 rings (SSSR count). The third-order valence-electron chi connectivity index (χ3n) is 3.46. The smallest absolute Gasteiger partial charge is 0.255 e. The normalized spacial score (nSPS) is 10.3. The monoisotopic (exact) mass is 317 g/mol. The zero-order chi connectivity index (χ0) is 17.1. The summed E-state index contributed by atoms with van der Waals surface area (Å²) in [7, 11) is 0. The molecular formula is C15H15N3O5-2. The van der Waals surface area contributed by atoms with Crippen molar-refractivity contribution in [1.29, 1.82) is 0 Å². The van der Waals surface area contributed by atoms with Crippen LogP contribution in [0.1, 0.15) is 21.5 Å². The molecule has 0 unspecified atom stereocenters. The number of anilines is 3. The fraction of sp³-hybridized carbons (Fsp3) is 0.133. The van der Waals surface area contributed by atoms with Gasteiger partial charge in [0.2, 0.25) is 0 Å². The Balaban J connectivity index is 2.36. The topological polar surface area (TPSA) is 122 Å². The Kier molecular flexibility index (Phi) is 4.82. The lowest BCUT2D eigenvalue weighted by molar-refractivity contribution is 0.0291. The summed E-state index contributed by atoms with van der Waals surface area (Å²) >= 11 is 0. The van der Waals surface area contributed by atoms with Gasteiger partial charge in [0.15, 0.2) is 0 Å². The lowest BCUT2D eigenvalue weighted by atomic mass is 10.1. The molecule has 0 atom stereocenters. The van der Waals surface area contributed by atoms with E-state index in [0.717, 1.165) is 29.3 Å². The molecule has 8 nitrogen and oxygen atoms in total. The van der Waals surface area contributed by atoms with Crippen LogP contribution in [0.3, 0.4) is 0 Å². The summed E-state index contributed by atoms with van der Waals surface area (Å²) in [6.07, 6.45) is 0. The van der Waals surface area contributed by atoms with Gasteiger partial charge in [-0.15, -0.1) is 5.23 Å². The number of aryl methyl sites for hydroxylation is 1. The number of carbonyl (C=O) groups is 1. The molecule has 0 aromatic heterocycles. The maximum Gasteiger partial charge on any atom is 0.255 e. The SMILES string of the molecule is Cc1cccc(NC(=O)c2cc(N([O-])[O-])cc(N(O)O)c2)c1C. The lowest BCUT2D eigenvalue weighted by Crippen LogP contribution is -2.17. The van der Waals surface area contributed by atoms with Gasteiger partial charge < -0.3 is 21.0 Å². The van der Waals surface area contributed by atoms with Gasteiger partial charge in [-0.3, -0.25) is 15.2 Å². The molecule has 2 aromatic rings. The molecule has 0 heterocycles. The Bertz CT molecular complexity index is 705. The molecule has 122 valence electrons. The van der Waals surface area contributed by atoms with Crippen LogP contribution in [0.2, 0.25) is 0 Å². The van der Waals surface area contributed by atoms with Crippen LogP contribution in [0.25, 0.3) is 0 Å². The number of benzene rings is 2. The highest BCUT2D eigenvalue weighted by molar-refractivity contribution is 6.06. The van der Waals surface area contributed by atoms with E-state index in [1.54, 1.807) is 12.1 Å². The molecule has 0 radical (unpaired) electrons. The molecule has 0 aliphatic heterocycles. The second-order valence-electron chi connectivity index (χ2n) is 4.99. The average molecular weight is 317 g/mol. The highest BCUT2D eigenvalue weighted by Gasteiger charge is 2.12. The maximum absolute atomic E-state index is 12.3. The second kappa shape index (κ2) is 6.63. The van der Waals surface area contributed by atoms with E-state index >= 15 is 0 Å². The number of carbonyl (C=O) groups excluding carboxylic acids is 1. The minimum absolute atomic E-state index is 0.0665. The van der Waals surface area contributed by atoms with Gasteiger partial charge in [-0.25, -0.2) is 0 Å². The van der Waals surface area contributed by atoms with E-state index in [-0.39, 0.29) is 16.5 Å². The zero-order valence-electron chi connectivity index (χ0n) is 12.5. The molecule has 2 aromatic carbocycles. The zero-order valence-corrected chi connectivity index (χ0v) is 12.5. The standard InChI is InChI=1S/C15H15N3O5/c1-9-4-3-5-14(10(9)2)16-15(19)11-6-12(17(20)21)8-13(7-11)18(22)23/h3-8,20-21H,1-2H3,(H,16,19)/q-2. The van der Waals surface area contributed by atoms with Gasteiger partial charge >= 0.3 is 0 Å². The number of amides is 1. The first-order chi connectivity index (χ1) is 10.8. The van der Waals surface area contributed by atoms with Crippen LogP contribution in [0.5, 0.6) is 0 Å². The summed E-state index contributed by atoms with van der Waals surface area (Å²) < 4.78 is 0. The van der Waals surface area contributed by atoms with E-state index in [2.05, 4.69) is 5.32 Å². The van der Waals surface area contributed by atoms with Crippen molar-refractivity contribution in [2.24, 2.45) is 0 Å². The minimum atomic E-state index is -0.721. The lowest BCUT2D eigenvalue weighted by Gasteiger charge is -2.38. The van der Waals surface area contributed by atoms with Crippen molar-refractivity contribution in [3.8, 4) is 0 Å². The second-order valence-corrected chi connectivity index (χ2v) is 4.99. The van der Waals surface area contributed by atoms with E-state index in [4.69, 9.17) is 10.4 Å². The molecule has 0 bridgehead atoms. The van der Waals surface area contributed by atoms with E-state index in [1.807, 2.05) is 19.9 Å². The molecule has 0 fully saturated rings. The van der Waals surface area contributed by atoms with Crippen molar-refractivity contribution in [2.75, 3.05) is 15.8 Å². The Hall–Kier alpha value is -2.65. The molecule has 0 aliphatic rings. The molecule has 8 heteroatoms. The molecule has 0 saturated heterocycles. The Morgan fingerprint density at radius 1 is 1.09 bits per heavy atom. The van der Waals surface area contributed by atoms with Crippen LogP contribution >= 0.6 is 0 Å². The van der Waals surface area contributed by atoms with Gasteiger partial charge in [-0.2, -0.15) is 0 Å². The van der Waals surface area contributed by atoms with Gasteiger partial charge in [0.1, 0.15) is 0 Å². The van der Waals surface area contributed by atoms with Crippen LogP contribution in [0.4, 0.5) is 17.1 Å². The van der Waals surface area contributed by atoms with Crippen molar-refractivity contribution in [3.05, 3.63) is 63.5 Å². The first kappa shape index (κ1) is 16.7. The fourth-order valence-corrected chi connectivity index (χ4v) is 2.03. The Labute approximate surface area is 132 Å². The molecule has 0 aliphatic carbocycles. The largest absolute Gasteiger partial charge is 0.769 e. The highest BCUT2D eigenvalue weighted by atomic mass is 16.8. The molecular weight excluding hydrogens is 302 g/mol. The molecule has 1 amide bonds. The van der Waals surface area contributed by atoms with Gasteiger partial charge in [0.05, 0.1) is 5.69 Å². The van der Waals surface area contributed by atoms with E-state index in [9.17, 15) is 15.2 Å². The van der Waals surface area contributed by atoms with Crippen LogP contribution in [-0.4, -0.2) is 16.3 Å². The van der Waals surface area contributed by atoms with Crippen LogP contribution in [0, 0.1) is 24.3 Å². The number of hydrogen-bond acceptors (Lipinski definition) is 7. The Morgan fingerprint density at radius 2 is 1.74 bits per heavy atom. The summed E-state index contributed by atoms with van der Waals surface area (Å²) in [6, 6.07) is 8.52. The van der Waals surface area contributed by atoms with Gasteiger partial charge in [-0.1, -0.05) is 12.1 Å². The number of hydrogen-bond donors (Lipinski definition) is 3. The van der Waals surface area contributed by atoms with Crippen LogP contribution < -0.4 is 15.8 Å². The van der Waals surface area contributed by atoms with Gasteiger partial charge in [-0.05, 0) is 49.2 Å². The minimum Gasteiger partial charge on any atom is -0.769 e. The maximum atomic E-state index is 12.3. The average Bonchev–Trinajstić information content (AvgIpc) is 2.51. The van der Waals surface area contributed by atoms with Crippen molar-refractivity contribution >= 4 is 23.0 Å². The first-order valence-electron chi connectivity index (χ1n) is 6.64. The van der Waals surface area contributed by atoms with Crippen molar-refractivity contribution < 1.29 is 15.2 Å². The molecule has 23 heavy (non-hydrogen) atoms. The van der Waals surface area contributed by atoms with Crippen molar-refractivity contribution in [3.63, 3.8) is 0 Å². The highest BCUT2D eigenvalue weighted by Crippen LogP contribution is 2.25. The summed E-state index contributed by atoms with van der Waals surface area (Å²) in [5.74, 6) is -0.592. The van der Waals surface area contributed by atoms with Gasteiger partial charge in [0, 0.05) is 16.9 Å². The fourth-order valence-electron chi connectivity index (χ4n) is 2.03. The van der Waals surface area contributed by atoms with Gasteiger partial charge in [0.25, 0.3) is 5.91 Å². The Morgan fingerprint density at radius 3 is 2.35 bits per heavy atom. The van der Waals surface area contributed by atoms with Crippen molar-refractivity contribution in [2.45, 2.75) is 13.8 Å². The summed E-state index contributed by atoms with van der Waals surface area (Å²) in [5.41, 5.74) is 1.65. The number of rotatable bonds is 4. The number of nitrogens with zero attached hydrogens (tertiary/aromatic N) is 2. The summed E-state index contributed by atoms with van der Waals surface area (Å²) in [5, 5.41) is 41.5. The van der Waals surface area contributed by atoms with Crippen LogP contribution in [-0.2, 0) is 0 Å². The first-order valence-corrected chi connectivity index (χ1v) is 6.64. The molecule has 3 N–H and O–H groups in total. The number of nitrogens with one attached hydrogen (secondary N) is 1. The predicted molar refractivity (Wildman–Crippen MR) is 85.6 cm³/mol. The molecule has 0 spiro atoms. The van der Waals surface area contributed by atoms with Crippen molar-refractivity contribution in [1.82, 2.24) is 0 Å². The predicted octanol–water partition coefficient (Wildman–Crippen LogP) is 2.94. The van der Waals surface area contributed by atoms with E-state index in [0.29, 0.717) is 5.69 Å². The summed E-state index contributed by atoms with van der Waals surface area (Å²) in [6.45, 7) is 3.73. The third kappa shape index (κ3) is 3.76. The van der Waals surface area contributed by atoms with E-state index in [1.165, 1.54) is 0 Å². The molecule has 0 saturated carbocycles. The summed E-state index contributed by atoms with van der Waals surface area (Å²) in [4.78, 5) is 12.3. The van der Waals surface area contributed by atoms with Crippen LogP contribution in [0.15, 0.2) is 36.4 Å². The third-order valence-corrected chi connectivity index (χ3v) is 3.46. The quantitative estimate of drug-likeness (QED) is 0.741.